The topological polar surface area (TPSA) is 67.1 Å². The van der Waals surface area contributed by atoms with Gasteiger partial charge in [0.1, 0.15) is 17.5 Å². The van der Waals surface area contributed by atoms with E-state index in [0.29, 0.717) is 17.8 Å². The average Bonchev–Trinajstić information content (AvgIpc) is 3.25. The lowest BCUT2D eigenvalue weighted by Gasteiger charge is -2.34. The molecule has 1 saturated carbocycles. The Kier molecular flexibility index (Phi) is 3.08. The Morgan fingerprint density at radius 3 is 3.00 bits per heavy atom. The third-order valence-electron chi connectivity index (χ3n) is 4.39. The highest BCUT2D eigenvalue weighted by Gasteiger charge is 2.30. The van der Waals surface area contributed by atoms with Gasteiger partial charge in [-0.1, -0.05) is 0 Å². The highest BCUT2D eigenvalue weighted by atomic mass is 32.1. The van der Waals surface area contributed by atoms with E-state index in [1.54, 1.807) is 0 Å². The minimum absolute atomic E-state index is 0.354. The van der Waals surface area contributed by atoms with Gasteiger partial charge in [-0.2, -0.15) is 0 Å². The van der Waals surface area contributed by atoms with Crippen molar-refractivity contribution in [3.63, 3.8) is 0 Å². The summed E-state index contributed by atoms with van der Waals surface area (Å²) in [5.41, 5.74) is 4.11. The second-order valence-electron chi connectivity index (χ2n) is 5.81. The molecule has 0 radical (unpaired) electrons. The van der Waals surface area contributed by atoms with Crippen molar-refractivity contribution < 1.29 is 0 Å². The molecule has 2 aliphatic rings. The molecule has 0 spiro atoms. The second kappa shape index (κ2) is 4.96. The number of fused-ring (bicyclic) bond motifs is 1. The van der Waals surface area contributed by atoms with Gasteiger partial charge in [0.25, 0.3) is 0 Å². The third-order valence-corrected chi connectivity index (χ3v) is 5.39. The fourth-order valence-corrected chi connectivity index (χ4v) is 3.98. The van der Waals surface area contributed by atoms with Gasteiger partial charge in [-0.15, -0.1) is 11.3 Å². The number of anilines is 2. The average molecular weight is 301 g/mol. The number of hydrazine groups is 1. The summed E-state index contributed by atoms with van der Waals surface area (Å²) in [7, 11) is 0. The van der Waals surface area contributed by atoms with Crippen LogP contribution in [0, 0.1) is 0 Å². The number of nitrogens with zero attached hydrogens (tertiary/aromatic N) is 3. The zero-order chi connectivity index (χ0) is 14.4. The molecule has 2 aromatic rings. The number of nitrogens with two attached hydrogens (primary N) is 1. The van der Waals surface area contributed by atoms with Crippen LogP contribution in [-0.4, -0.2) is 16.5 Å². The zero-order valence-electron chi connectivity index (χ0n) is 12.0. The fraction of sp³-hybridized carbons (Fsp3) is 0.467. The summed E-state index contributed by atoms with van der Waals surface area (Å²) in [6.07, 6.45) is 3.47. The molecule has 0 amide bonds. The van der Waals surface area contributed by atoms with E-state index in [0.717, 1.165) is 24.6 Å². The maximum atomic E-state index is 5.58. The number of rotatable bonds is 3. The minimum Gasteiger partial charge on any atom is -0.349 e. The van der Waals surface area contributed by atoms with Gasteiger partial charge in [0.2, 0.25) is 0 Å². The molecule has 110 valence electrons. The molecule has 1 aliphatic heterocycles. The lowest BCUT2D eigenvalue weighted by atomic mass is 10.0. The van der Waals surface area contributed by atoms with Gasteiger partial charge in [-0.05, 0) is 43.2 Å². The smallest absolute Gasteiger partial charge is 0.145 e. The van der Waals surface area contributed by atoms with Gasteiger partial charge in [0.05, 0.1) is 6.04 Å². The van der Waals surface area contributed by atoms with Crippen molar-refractivity contribution in [2.45, 2.75) is 38.1 Å². The molecule has 6 heteroatoms. The Hall–Kier alpha value is -1.66. The molecule has 4 rings (SSSR count). The van der Waals surface area contributed by atoms with Crippen LogP contribution >= 0.6 is 11.3 Å². The van der Waals surface area contributed by atoms with E-state index in [-0.39, 0.29) is 0 Å². The summed E-state index contributed by atoms with van der Waals surface area (Å²) in [5, 5.41) is 2.19. The molecule has 0 aromatic carbocycles. The summed E-state index contributed by atoms with van der Waals surface area (Å²) in [6, 6.07) is 4.55. The van der Waals surface area contributed by atoms with Crippen LogP contribution in [0.5, 0.6) is 0 Å². The van der Waals surface area contributed by atoms with Gasteiger partial charge in [0, 0.05) is 23.4 Å². The Morgan fingerprint density at radius 2 is 2.24 bits per heavy atom. The predicted molar refractivity (Wildman–Crippen MR) is 85.6 cm³/mol. The quantitative estimate of drug-likeness (QED) is 0.674. The Morgan fingerprint density at radius 1 is 1.38 bits per heavy atom. The van der Waals surface area contributed by atoms with E-state index in [9.17, 15) is 0 Å². The monoisotopic (exact) mass is 301 g/mol. The number of aromatic nitrogens is 2. The first kappa shape index (κ1) is 13.0. The van der Waals surface area contributed by atoms with Crippen molar-refractivity contribution in [1.29, 1.82) is 0 Å². The Bertz CT molecular complexity index is 664. The predicted octanol–water partition coefficient (Wildman–Crippen LogP) is 2.82. The first-order valence-corrected chi connectivity index (χ1v) is 8.32. The van der Waals surface area contributed by atoms with Crippen LogP contribution in [0.3, 0.4) is 0 Å². The van der Waals surface area contributed by atoms with Crippen molar-refractivity contribution in [2.24, 2.45) is 5.84 Å². The summed E-state index contributed by atoms with van der Waals surface area (Å²) in [4.78, 5) is 13.2. The van der Waals surface area contributed by atoms with Crippen molar-refractivity contribution in [2.75, 3.05) is 16.9 Å². The number of hydrogen-bond donors (Lipinski definition) is 2. The zero-order valence-corrected chi connectivity index (χ0v) is 12.9. The van der Waals surface area contributed by atoms with E-state index in [4.69, 9.17) is 10.8 Å². The molecule has 1 unspecified atom stereocenters. The van der Waals surface area contributed by atoms with Crippen molar-refractivity contribution >= 4 is 23.0 Å². The molecule has 21 heavy (non-hydrogen) atoms. The molecule has 3 heterocycles. The maximum absolute atomic E-state index is 5.58. The minimum atomic E-state index is 0.354. The van der Waals surface area contributed by atoms with Crippen LogP contribution in [0.15, 0.2) is 17.5 Å². The highest BCUT2D eigenvalue weighted by molar-refractivity contribution is 7.10. The van der Waals surface area contributed by atoms with Gasteiger partial charge in [-0.3, -0.25) is 0 Å². The fourth-order valence-electron chi connectivity index (χ4n) is 3.02. The first-order chi connectivity index (χ1) is 10.3. The molecule has 0 bridgehead atoms. The summed E-state index contributed by atoms with van der Waals surface area (Å²) in [6.45, 7) is 3.25. The maximum Gasteiger partial charge on any atom is 0.145 e. The van der Waals surface area contributed by atoms with Crippen molar-refractivity contribution in [1.82, 2.24) is 9.97 Å². The molecule has 0 saturated heterocycles. The second-order valence-corrected chi connectivity index (χ2v) is 6.81. The van der Waals surface area contributed by atoms with Gasteiger partial charge in [0.15, 0.2) is 0 Å². The number of nitrogen functional groups attached to an aromatic ring is 1. The number of hydrogen-bond acceptors (Lipinski definition) is 6. The van der Waals surface area contributed by atoms with Crippen LogP contribution in [0.25, 0.3) is 0 Å². The van der Waals surface area contributed by atoms with E-state index in [1.807, 2.05) is 17.4 Å². The highest BCUT2D eigenvalue weighted by Crippen LogP contribution is 2.40. The van der Waals surface area contributed by atoms with E-state index >= 15 is 0 Å². The summed E-state index contributed by atoms with van der Waals surface area (Å²) >= 11 is 1.86. The standard InChI is InChI=1S/C15H19N5S/c1-9-11-5-7-21-12(11)4-6-20(9)14-8-13(19-16)17-15(18-14)10-2-3-10/h5,7-10H,2-4,6,16H2,1H3,(H,17,18,19). The van der Waals surface area contributed by atoms with E-state index < -0.39 is 0 Å². The summed E-state index contributed by atoms with van der Waals surface area (Å²) in [5.74, 6) is 8.73. The molecule has 2 aromatic heterocycles. The Labute approximate surface area is 128 Å². The van der Waals surface area contributed by atoms with Crippen LogP contribution in [0.4, 0.5) is 11.6 Å². The SMILES string of the molecule is CC1c2ccsc2CCN1c1cc(NN)nc(C2CC2)n1. The molecule has 5 nitrogen and oxygen atoms in total. The normalized spacial score (nSPS) is 21.2. The van der Waals surface area contributed by atoms with E-state index in [2.05, 4.69) is 33.7 Å². The third kappa shape index (κ3) is 2.28. The molecule has 3 N–H and O–H groups in total. The molecule has 1 fully saturated rings. The lowest BCUT2D eigenvalue weighted by Crippen LogP contribution is -2.34. The van der Waals surface area contributed by atoms with E-state index in [1.165, 1.54) is 23.3 Å². The van der Waals surface area contributed by atoms with Crippen LogP contribution in [0.1, 0.15) is 48.0 Å². The van der Waals surface area contributed by atoms with Crippen molar-refractivity contribution in [3.05, 3.63) is 33.8 Å². The van der Waals surface area contributed by atoms with Gasteiger partial charge in [-0.25, -0.2) is 15.8 Å². The Balaban J connectivity index is 1.71. The number of nitrogens with one attached hydrogen (secondary N) is 1. The van der Waals surface area contributed by atoms with Gasteiger partial charge >= 0.3 is 0 Å². The lowest BCUT2D eigenvalue weighted by molar-refractivity contribution is 0.622. The van der Waals surface area contributed by atoms with Crippen molar-refractivity contribution in [3.8, 4) is 0 Å². The van der Waals surface area contributed by atoms with Crippen LogP contribution in [-0.2, 0) is 6.42 Å². The molecule has 1 atom stereocenters. The molecule has 1 aliphatic carbocycles. The largest absolute Gasteiger partial charge is 0.349 e. The first-order valence-electron chi connectivity index (χ1n) is 7.45. The summed E-state index contributed by atoms with van der Waals surface area (Å²) < 4.78 is 0. The van der Waals surface area contributed by atoms with Gasteiger partial charge < -0.3 is 10.3 Å². The molecular weight excluding hydrogens is 282 g/mol. The number of thiophene rings is 1. The molecular formula is C15H19N5S. The van der Waals surface area contributed by atoms with Crippen LogP contribution < -0.4 is 16.2 Å². The van der Waals surface area contributed by atoms with Crippen LogP contribution in [0.2, 0.25) is 0 Å².